The van der Waals surface area contributed by atoms with Crippen molar-refractivity contribution in [2.75, 3.05) is 0 Å². The summed E-state index contributed by atoms with van der Waals surface area (Å²) in [6, 6.07) is 0. The average Bonchev–Trinajstić information content (AvgIpc) is 1.00. The molecule has 0 rings (SSSR count). The summed E-state index contributed by atoms with van der Waals surface area (Å²) in [5.74, 6) is 0. The van der Waals surface area contributed by atoms with Crippen LogP contribution in [0.2, 0.25) is 0 Å². The molecule has 4 heteroatoms. The van der Waals surface area contributed by atoms with Crippen molar-refractivity contribution in [2.24, 2.45) is 0 Å². The van der Waals surface area contributed by atoms with Gasteiger partial charge in [0.1, 0.15) is 0 Å². The van der Waals surface area contributed by atoms with Crippen LogP contribution in [0.1, 0.15) is 0 Å². The average molecular weight is 545 g/mol. The number of halogens is 3. The maximum Gasteiger partial charge on any atom is 0.00852 e. The van der Waals surface area contributed by atoms with E-state index in [-0.39, 0.29) is 88.3 Å². The van der Waals surface area contributed by atoms with Crippen LogP contribution in [0.5, 0.6) is 0 Å². The van der Waals surface area contributed by atoms with E-state index in [4.69, 9.17) is 0 Å². The van der Waals surface area contributed by atoms with Crippen LogP contribution in [-0.2, 0) is 0 Å². The summed E-state index contributed by atoms with van der Waals surface area (Å²) in [5.41, 5.74) is 0. The van der Waals surface area contributed by atoms with Crippen molar-refractivity contribution < 1.29 is 88.3 Å². The molecule has 0 aliphatic carbocycles. The van der Waals surface area contributed by atoms with Crippen LogP contribution in [0, 0.1) is 45.3 Å². The Balaban J connectivity index is -0.00000000167. The fraction of sp³-hybridized carbons (Fsp3) is 0. The number of rotatable bonds is 0. The van der Waals surface area contributed by atoms with Gasteiger partial charge >= 0.3 is 0 Å². The smallest absolute Gasteiger partial charge is 0.00852 e. The van der Waals surface area contributed by atoms with Gasteiger partial charge in [-0.2, -0.15) is 0 Å². The molecule has 0 spiro atoms. The van der Waals surface area contributed by atoms with Gasteiger partial charge in [0.15, 0.2) is 0 Å². The van der Waals surface area contributed by atoms with Gasteiger partial charge in [-0.1, -0.05) is 22.6 Å². The van der Waals surface area contributed by atoms with Gasteiger partial charge < -0.3 is 48.0 Å². The summed E-state index contributed by atoms with van der Waals surface area (Å²) >= 11 is 1.90. The van der Waals surface area contributed by atoms with E-state index < -0.39 is 0 Å². The molecule has 0 fully saturated rings. The molecule has 0 atom stereocenters. The molecule has 0 nitrogen and oxygen atoms in total. The van der Waals surface area contributed by atoms with E-state index in [1.165, 1.54) is 0 Å². The van der Waals surface area contributed by atoms with Crippen LogP contribution < -0.4 is 48.0 Å². The fourth-order valence-electron chi connectivity index (χ4n) is 0. The maximum atomic E-state index is 3.22. The molecule has 0 saturated heterocycles. The molecule has 0 aliphatic rings. The van der Waals surface area contributed by atoms with E-state index in [2.05, 4.69) is 4.93 Å². The van der Waals surface area contributed by atoms with Crippen molar-refractivity contribution in [2.45, 2.75) is 0 Å². The van der Waals surface area contributed by atoms with E-state index in [9.17, 15) is 0 Å². The van der Waals surface area contributed by atoms with Gasteiger partial charge in [-0.25, -0.2) is 0 Å². The number of hydrogen-bond donors (Lipinski definition) is 0. The summed E-state index contributed by atoms with van der Waals surface area (Å²) in [6.07, 6.45) is 0. The Bertz CT molecular complexity index is 6.85. The second-order valence-electron chi connectivity index (χ2n) is 0. The Morgan fingerprint density at radius 1 is 1.00 bits per heavy atom. The van der Waals surface area contributed by atoms with Crippen molar-refractivity contribution in [3.63, 3.8) is 0 Å². The topological polar surface area (TPSA) is 0 Å². The minimum absolute atomic E-state index is 0. The largest absolute Gasteiger partial charge is 1.00 e. The summed E-state index contributed by atoms with van der Waals surface area (Å²) in [4.78, 5) is 3.22. The van der Waals surface area contributed by atoms with Gasteiger partial charge in [0.2, 0.25) is 0 Å². The summed E-state index contributed by atoms with van der Waals surface area (Å²) < 4.78 is 0. The second kappa shape index (κ2) is 25.8. The van der Waals surface area contributed by atoms with Crippen LogP contribution >= 0.6 is 22.6 Å². The second-order valence-corrected chi connectivity index (χ2v) is 0. The zero-order valence-electron chi connectivity index (χ0n) is 2.25. The molecule has 1 radical (unpaired) electrons. The van der Waals surface area contributed by atoms with E-state index in [0.29, 0.717) is 0 Å². The zero-order valence-corrected chi connectivity index (χ0v) is 11.3. The quantitative estimate of drug-likeness (QED) is 0.269. The molecule has 0 aliphatic heterocycles. The Morgan fingerprint density at radius 3 is 1.00 bits per heavy atom. The van der Waals surface area contributed by atoms with Gasteiger partial charge in [0.05, 0.1) is 0 Å². The van der Waals surface area contributed by atoms with Crippen LogP contribution in [0.3, 0.4) is 0 Å². The first-order valence-electron chi connectivity index (χ1n) is 0.267. The summed E-state index contributed by atoms with van der Waals surface area (Å²) in [6.45, 7) is 0. The van der Waals surface area contributed by atoms with Crippen molar-refractivity contribution in [1.82, 2.24) is 0 Å². The predicted molar refractivity (Wildman–Crippen MR) is 19.4 cm³/mol. The van der Waals surface area contributed by atoms with Crippen LogP contribution in [0.25, 0.3) is 0 Å². The van der Waals surface area contributed by atoms with Gasteiger partial charge in [0, 0.05) is 45.3 Å². The van der Waals surface area contributed by atoms with E-state index >= 15 is 0 Å². The first-order chi connectivity index (χ1) is 1.00. The molecule has 0 saturated carbocycles. The molecule has 0 unspecified atom stereocenters. The maximum absolute atomic E-state index is 3.22. The first kappa shape index (κ1) is 23.6. The van der Waals surface area contributed by atoms with Crippen LogP contribution in [0.15, 0.2) is 0 Å². The molecular formula is CH2I3Sm-2. The van der Waals surface area contributed by atoms with Gasteiger partial charge in [0.25, 0.3) is 0 Å². The minimum Gasteiger partial charge on any atom is -1.00 e. The minimum atomic E-state index is 0. The third kappa shape index (κ3) is 18.5. The number of hydrogen-bond acceptors (Lipinski definition) is 0. The van der Waals surface area contributed by atoms with Crippen molar-refractivity contribution >= 4 is 22.6 Å². The standard InChI is InChI=1S/CH2I.2HI.Sm/c1-2;;;/h1H2;2*1H;/p-2. The predicted octanol–water partition coefficient (Wildman–Crippen LogP) is -4.78. The summed E-state index contributed by atoms with van der Waals surface area (Å²) in [5, 5.41) is 0. The van der Waals surface area contributed by atoms with Crippen molar-refractivity contribution in [3.05, 3.63) is 4.93 Å². The fourth-order valence-corrected chi connectivity index (χ4v) is 0. The Labute approximate surface area is 113 Å². The Hall–Kier alpha value is 3.53. The first-order valence-corrected chi connectivity index (χ1v) is 1.79. The molecule has 0 aromatic heterocycles. The Morgan fingerprint density at radius 2 is 1.00 bits per heavy atom. The zero-order chi connectivity index (χ0) is 2.00. The molecular weight excluding hydrogens is 543 g/mol. The molecule has 5 heavy (non-hydrogen) atoms. The summed E-state index contributed by atoms with van der Waals surface area (Å²) in [7, 11) is 0. The van der Waals surface area contributed by atoms with Gasteiger partial charge in [-0.3, -0.25) is 0 Å². The molecule has 0 bridgehead atoms. The van der Waals surface area contributed by atoms with Crippen LogP contribution in [0.4, 0.5) is 0 Å². The van der Waals surface area contributed by atoms with E-state index in [1.54, 1.807) is 0 Å². The molecule has 0 aromatic carbocycles. The monoisotopic (exact) mass is 547 g/mol. The molecule has 0 N–H and O–H groups in total. The van der Waals surface area contributed by atoms with Gasteiger partial charge in [-0.15, -0.1) is 0 Å². The van der Waals surface area contributed by atoms with E-state index in [1.807, 2.05) is 22.6 Å². The van der Waals surface area contributed by atoms with E-state index in [0.717, 1.165) is 0 Å². The third-order valence-electron chi connectivity index (χ3n) is 0. The van der Waals surface area contributed by atoms with Crippen LogP contribution in [-0.4, -0.2) is 0 Å². The molecule has 0 heterocycles. The van der Waals surface area contributed by atoms with Crippen molar-refractivity contribution in [3.8, 4) is 0 Å². The van der Waals surface area contributed by atoms with Crippen molar-refractivity contribution in [1.29, 1.82) is 0 Å². The Kier molecular flexibility index (Phi) is 122. The van der Waals surface area contributed by atoms with Gasteiger partial charge in [-0.05, 0) is 0 Å². The normalized spacial score (nSPS) is 1.20. The SMILES string of the molecule is [CH2]I.[I-].[I-].[Sm]. The molecule has 0 amide bonds. The third-order valence-corrected chi connectivity index (χ3v) is 0. The molecule has 0 aromatic rings. The molecule has 35 valence electrons.